The normalized spacial score (nSPS) is 15.4. The van der Waals surface area contributed by atoms with E-state index in [0.717, 1.165) is 23.4 Å². The lowest BCUT2D eigenvalue weighted by Crippen LogP contribution is -2.44. The molecule has 0 unspecified atom stereocenters. The number of nitrogens with one attached hydrogen (secondary N) is 1. The van der Waals surface area contributed by atoms with Crippen LogP contribution in [0.4, 0.5) is 10.1 Å². The minimum Gasteiger partial charge on any atom is -0.494 e. The zero-order valence-corrected chi connectivity index (χ0v) is 17.1. The van der Waals surface area contributed by atoms with Crippen LogP contribution >= 0.6 is 0 Å². The lowest BCUT2D eigenvalue weighted by atomic mass is 9.74. The number of carbonyl (C=O) groups is 1. The molecule has 30 heavy (non-hydrogen) atoms. The molecular weight excluding hydrogens is 391 g/mol. The molecule has 1 amide bonds. The van der Waals surface area contributed by atoms with Gasteiger partial charge in [-0.05, 0) is 50.5 Å². The minimum atomic E-state index is -0.776. The van der Waals surface area contributed by atoms with Crippen molar-refractivity contribution in [1.29, 1.82) is 0 Å². The van der Waals surface area contributed by atoms with Crippen LogP contribution in [0.3, 0.4) is 0 Å². The smallest absolute Gasteiger partial charge is 0.276 e. The average molecular weight is 416 g/mol. The van der Waals surface area contributed by atoms with E-state index in [9.17, 15) is 19.3 Å². The molecule has 0 spiro atoms. The summed E-state index contributed by atoms with van der Waals surface area (Å²) in [4.78, 5) is 23.1. The highest BCUT2D eigenvalue weighted by Gasteiger charge is 2.35. The zero-order chi connectivity index (χ0) is 21.7. The average Bonchev–Trinajstić information content (AvgIpc) is 2.75. The van der Waals surface area contributed by atoms with Crippen molar-refractivity contribution in [2.75, 3.05) is 26.4 Å². The third-order valence-corrected chi connectivity index (χ3v) is 5.59. The van der Waals surface area contributed by atoms with E-state index in [1.165, 1.54) is 6.92 Å². The van der Waals surface area contributed by atoms with E-state index >= 15 is 0 Å². The maximum Gasteiger partial charge on any atom is 0.276 e. The molecule has 0 aromatic heterocycles. The zero-order valence-electron chi connectivity index (χ0n) is 17.1. The first-order chi connectivity index (χ1) is 14.4. The van der Waals surface area contributed by atoms with Crippen molar-refractivity contribution < 1.29 is 23.6 Å². The second kappa shape index (κ2) is 9.21. The van der Waals surface area contributed by atoms with Crippen LogP contribution in [0, 0.1) is 22.9 Å². The van der Waals surface area contributed by atoms with Crippen LogP contribution < -0.4 is 10.1 Å². The summed E-state index contributed by atoms with van der Waals surface area (Å²) >= 11 is 0. The summed E-state index contributed by atoms with van der Waals surface area (Å²) in [6, 6.07) is 9.91. The van der Waals surface area contributed by atoms with Gasteiger partial charge in [0.25, 0.3) is 11.6 Å². The van der Waals surface area contributed by atoms with Gasteiger partial charge in [-0.1, -0.05) is 12.1 Å². The summed E-state index contributed by atoms with van der Waals surface area (Å²) in [6.45, 7) is 5.25. The predicted octanol–water partition coefficient (Wildman–Crippen LogP) is 3.92. The van der Waals surface area contributed by atoms with E-state index in [1.807, 2.05) is 31.2 Å². The summed E-state index contributed by atoms with van der Waals surface area (Å²) in [5.41, 5.74) is 0.141. The Balaban J connectivity index is 1.81. The molecule has 1 saturated heterocycles. The number of nitro benzene ring substituents is 1. The Morgan fingerprint density at radius 3 is 2.53 bits per heavy atom. The van der Waals surface area contributed by atoms with Crippen molar-refractivity contribution in [1.82, 2.24) is 5.32 Å². The van der Waals surface area contributed by atoms with Gasteiger partial charge in [0.15, 0.2) is 0 Å². The van der Waals surface area contributed by atoms with Crippen molar-refractivity contribution in [3.8, 4) is 5.75 Å². The molecule has 1 fully saturated rings. The van der Waals surface area contributed by atoms with E-state index in [1.54, 1.807) is 0 Å². The lowest BCUT2D eigenvalue weighted by molar-refractivity contribution is -0.385. The number of hydrogen-bond donors (Lipinski definition) is 1. The first kappa shape index (κ1) is 21.7. The van der Waals surface area contributed by atoms with Crippen molar-refractivity contribution >= 4 is 11.6 Å². The Labute approximate surface area is 174 Å². The number of ether oxygens (including phenoxy) is 2. The number of carbonyl (C=O) groups excluding carboxylic acids is 1. The maximum absolute atomic E-state index is 14.1. The maximum atomic E-state index is 14.1. The quantitative estimate of drug-likeness (QED) is 0.546. The predicted molar refractivity (Wildman–Crippen MR) is 109 cm³/mol. The molecule has 160 valence electrons. The molecule has 1 heterocycles. The largest absolute Gasteiger partial charge is 0.494 e. The van der Waals surface area contributed by atoms with Gasteiger partial charge in [-0.25, -0.2) is 4.39 Å². The fourth-order valence-corrected chi connectivity index (χ4v) is 3.74. The second-order valence-electron chi connectivity index (χ2n) is 7.39. The van der Waals surface area contributed by atoms with E-state index < -0.39 is 22.3 Å². The molecule has 0 bridgehead atoms. The van der Waals surface area contributed by atoms with Crippen LogP contribution in [0.5, 0.6) is 5.75 Å². The minimum absolute atomic E-state index is 0.0706. The molecule has 0 atom stereocenters. The van der Waals surface area contributed by atoms with Gasteiger partial charge in [0.2, 0.25) is 0 Å². The standard InChI is InChI=1S/C22H25FN2O5/c1-3-30-18-6-4-17(5-7-18)22(8-10-29-11-9-22)14-24-21(26)16-12-19(23)15(2)20(13-16)25(27)28/h4-7,12-13H,3,8-11,14H2,1-2H3,(H,24,26). The third-order valence-electron chi connectivity index (χ3n) is 5.59. The highest BCUT2D eigenvalue weighted by molar-refractivity contribution is 5.95. The Kier molecular flexibility index (Phi) is 6.66. The highest BCUT2D eigenvalue weighted by atomic mass is 19.1. The van der Waals surface area contributed by atoms with Crippen LogP contribution in [0.1, 0.15) is 41.3 Å². The summed E-state index contributed by atoms with van der Waals surface area (Å²) in [7, 11) is 0. The molecule has 1 N–H and O–H groups in total. The van der Waals surface area contributed by atoms with Crippen LogP contribution in [0.2, 0.25) is 0 Å². The SMILES string of the molecule is CCOc1ccc(C2(CNC(=O)c3cc(F)c(C)c([N+](=O)[O-])c3)CCOCC2)cc1. The van der Waals surface area contributed by atoms with Gasteiger partial charge in [0.05, 0.1) is 17.1 Å². The van der Waals surface area contributed by atoms with Gasteiger partial charge >= 0.3 is 0 Å². The van der Waals surface area contributed by atoms with Crippen LogP contribution in [-0.4, -0.2) is 37.2 Å². The number of nitrogens with zero attached hydrogens (tertiary/aromatic N) is 1. The van der Waals surface area contributed by atoms with Gasteiger partial charge in [0, 0.05) is 36.8 Å². The van der Waals surface area contributed by atoms with Crippen molar-refractivity contribution in [3.05, 3.63) is 69.0 Å². The first-order valence-electron chi connectivity index (χ1n) is 9.90. The summed E-state index contributed by atoms with van der Waals surface area (Å²) in [5.74, 6) is -0.551. The molecule has 1 aliphatic heterocycles. The van der Waals surface area contributed by atoms with E-state index in [2.05, 4.69) is 5.32 Å². The molecule has 0 radical (unpaired) electrons. The second-order valence-corrected chi connectivity index (χ2v) is 7.39. The van der Waals surface area contributed by atoms with Gasteiger partial charge in [-0.3, -0.25) is 14.9 Å². The molecule has 2 aromatic carbocycles. The molecular formula is C22H25FN2O5. The molecule has 0 aliphatic carbocycles. The number of amides is 1. The van der Waals surface area contributed by atoms with Crippen molar-refractivity contribution in [2.45, 2.75) is 32.1 Å². The molecule has 1 aliphatic rings. The Hall–Kier alpha value is -3.00. The summed E-state index contributed by atoms with van der Waals surface area (Å²) < 4.78 is 25.1. The highest BCUT2D eigenvalue weighted by Crippen LogP contribution is 2.35. The van der Waals surface area contributed by atoms with Crippen LogP contribution in [0.25, 0.3) is 0 Å². The number of hydrogen-bond acceptors (Lipinski definition) is 5. The molecule has 0 saturated carbocycles. The van der Waals surface area contributed by atoms with Gasteiger partial charge in [-0.15, -0.1) is 0 Å². The monoisotopic (exact) mass is 416 g/mol. The molecule has 3 rings (SSSR count). The van der Waals surface area contributed by atoms with Crippen molar-refractivity contribution in [2.24, 2.45) is 0 Å². The third kappa shape index (κ3) is 4.59. The van der Waals surface area contributed by atoms with Crippen LogP contribution in [0.15, 0.2) is 36.4 Å². The number of benzene rings is 2. The van der Waals surface area contributed by atoms with E-state index in [-0.39, 0.29) is 16.5 Å². The molecule has 2 aromatic rings. The van der Waals surface area contributed by atoms with Gasteiger partial charge in [-0.2, -0.15) is 0 Å². The lowest BCUT2D eigenvalue weighted by Gasteiger charge is -2.38. The number of rotatable bonds is 7. The summed E-state index contributed by atoms with van der Waals surface area (Å²) in [5, 5.41) is 14.0. The van der Waals surface area contributed by atoms with Crippen LogP contribution in [-0.2, 0) is 10.2 Å². The van der Waals surface area contributed by atoms with E-state index in [4.69, 9.17) is 9.47 Å². The van der Waals surface area contributed by atoms with E-state index in [0.29, 0.717) is 39.2 Å². The summed E-state index contributed by atoms with van der Waals surface area (Å²) in [6.07, 6.45) is 1.42. The van der Waals surface area contributed by atoms with Gasteiger partial charge < -0.3 is 14.8 Å². The van der Waals surface area contributed by atoms with Crippen molar-refractivity contribution in [3.63, 3.8) is 0 Å². The molecule has 8 heteroatoms. The Morgan fingerprint density at radius 1 is 1.27 bits per heavy atom. The number of halogens is 1. The number of nitro groups is 1. The Morgan fingerprint density at radius 2 is 1.93 bits per heavy atom. The fourth-order valence-electron chi connectivity index (χ4n) is 3.74. The molecule has 7 nitrogen and oxygen atoms in total. The first-order valence-corrected chi connectivity index (χ1v) is 9.90. The van der Waals surface area contributed by atoms with Gasteiger partial charge in [0.1, 0.15) is 11.6 Å². The topological polar surface area (TPSA) is 90.7 Å². The fraction of sp³-hybridized carbons (Fsp3) is 0.409. The Bertz CT molecular complexity index is 924.